The number of carbonyl (C=O) groups is 1. The van der Waals surface area contributed by atoms with E-state index < -0.39 is 0 Å². The summed E-state index contributed by atoms with van der Waals surface area (Å²) in [5, 5.41) is 0. The van der Waals surface area contributed by atoms with Crippen molar-refractivity contribution in [2.75, 3.05) is 13.7 Å². The summed E-state index contributed by atoms with van der Waals surface area (Å²) in [5.74, 6) is 0.164. The number of unbranched alkanes of at least 4 members (excludes halogenated alkanes) is 3. The second kappa shape index (κ2) is 7.39. The lowest BCUT2D eigenvalue weighted by Gasteiger charge is -2.26. The van der Waals surface area contributed by atoms with Gasteiger partial charge in [0.2, 0.25) is 0 Å². The summed E-state index contributed by atoms with van der Waals surface area (Å²) in [7, 11) is 1.70. The monoisotopic (exact) mass is 270 g/mol. The van der Waals surface area contributed by atoms with Gasteiger partial charge in [0, 0.05) is 12.5 Å². The molecule has 1 aliphatic heterocycles. The van der Waals surface area contributed by atoms with E-state index in [0.717, 1.165) is 12.8 Å². The minimum Gasteiger partial charge on any atom is -0.378 e. The van der Waals surface area contributed by atoms with Crippen LogP contribution in [0.5, 0.6) is 0 Å². The Balaban J connectivity index is 2.52. The number of ketones is 1. The van der Waals surface area contributed by atoms with Crippen molar-refractivity contribution in [1.82, 2.24) is 0 Å². The molecule has 1 aliphatic rings. The van der Waals surface area contributed by atoms with Gasteiger partial charge in [-0.1, -0.05) is 53.4 Å². The van der Waals surface area contributed by atoms with Gasteiger partial charge in [-0.2, -0.15) is 0 Å². The molecule has 0 amide bonds. The number of hydrogen-bond donors (Lipinski definition) is 0. The molecule has 1 fully saturated rings. The molecule has 112 valence electrons. The average Bonchev–Trinajstić information content (AvgIpc) is 2.75. The molecule has 0 spiro atoms. The summed E-state index contributed by atoms with van der Waals surface area (Å²) in [4.78, 5) is 12.4. The minimum atomic E-state index is -0.318. The van der Waals surface area contributed by atoms with Crippen LogP contribution in [0.15, 0.2) is 0 Å². The van der Waals surface area contributed by atoms with Crippen LogP contribution < -0.4 is 0 Å². The molecule has 3 nitrogen and oxygen atoms in total. The van der Waals surface area contributed by atoms with Crippen molar-refractivity contribution in [3.05, 3.63) is 0 Å². The van der Waals surface area contributed by atoms with Gasteiger partial charge >= 0.3 is 0 Å². The number of Topliss-reactive ketones (excluding diaryl/α,β-unsaturated/α-hetero) is 1. The van der Waals surface area contributed by atoms with Gasteiger partial charge in [0.1, 0.15) is 5.78 Å². The molecule has 0 aromatic carbocycles. The summed E-state index contributed by atoms with van der Waals surface area (Å²) >= 11 is 0. The highest BCUT2D eigenvalue weighted by atomic mass is 16.5. The van der Waals surface area contributed by atoms with E-state index in [1.54, 1.807) is 7.11 Å². The largest absolute Gasteiger partial charge is 0.378 e. The van der Waals surface area contributed by atoms with E-state index in [2.05, 4.69) is 6.92 Å². The predicted molar refractivity (Wildman–Crippen MR) is 77.2 cm³/mol. The fraction of sp³-hybridized carbons (Fsp3) is 0.938. The number of rotatable bonds is 7. The molecule has 1 saturated heterocycles. The minimum absolute atomic E-state index is 0.0617. The smallest absolute Gasteiger partial charge is 0.146 e. The van der Waals surface area contributed by atoms with E-state index >= 15 is 0 Å². The van der Waals surface area contributed by atoms with E-state index in [1.807, 2.05) is 20.8 Å². The average molecular weight is 270 g/mol. The van der Waals surface area contributed by atoms with Gasteiger partial charge in [-0.3, -0.25) is 4.79 Å². The molecule has 0 bridgehead atoms. The quantitative estimate of drug-likeness (QED) is 0.663. The normalized spacial score (nSPS) is 27.7. The second-order valence-corrected chi connectivity index (χ2v) is 6.64. The highest BCUT2D eigenvalue weighted by Crippen LogP contribution is 2.32. The molecule has 3 heteroatoms. The van der Waals surface area contributed by atoms with Crippen molar-refractivity contribution >= 4 is 5.78 Å². The zero-order chi connectivity index (χ0) is 14.5. The Morgan fingerprint density at radius 2 is 1.95 bits per heavy atom. The summed E-state index contributed by atoms with van der Waals surface area (Å²) in [5.41, 5.74) is -0.318. The van der Waals surface area contributed by atoms with Gasteiger partial charge in [-0.25, -0.2) is 0 Å². The SMILES string of the molecule is CCCCCC[C@H]1OC[C@@H](C(=O)C(C)(C)C)[C@@H]1OC. The molecule has 0 aromatic heterocycles. The van der Waals surface area contributed by atoms with E-state index in [0.29, 0.717) is 6.61 Å². The summed E-state index contributed by atoms with van der Waals surface area (Å²) in [6.07, 6.45) is 5.96. The Labute approximate surface area is 118 Å². The van der Waals surface area contributed by atoms with Gasteiger partial charge < -0.3 is 9.47 Å². The Hall–Kier alpha value is -0.410. The summed E-state index contributed by atoms with van der Waals surface area (Å²) in [6.45, 7) is 8.64. The molecule has 19 heavy (non-hydrogen) atoms. The second-order valence-electron chi connectivity index (χ2n) is 6.64. The first kappa shape index (κ1) is 16.6. The maximum atomic E-state index is 12.4. The van der Waals surface area contributed by atoms with Crippen LogP contribution in [0.4, 0.5) is 0 Å². The zero-order valence-electron chi connectivity index (χ0n) is 13.2. The molecule has 0 radical (unpaired) electrons. The van der Waals surface area contributed by atoms with E-state index in [9.17, 15) is 4.79 Å². The third-order valence-corrected chi connectivity index (χ3v) is 3.94. The molecule has 1 rings (SSSR count). The third kappa shape index (κ3) is 4.57. The standard InChI is InChI=1S/C16H30O3/c1-6-7-8-9-10-13-14(18-5)12(11-19-13)15(17)16(2,3)4/h12-14H,6-11H2,1-5H3/t12-,13-,14+/m1/s1. The Bertz CT molecular complexity index is 280. The Morgan fingerprint density at radius 3 is 2.47 bits per heavy atom. The third-order valence-electron chi connectivity index (χ3n) is 3.94. The zero-order valence-corrected chi connectivity index (χ0v) is 13.2. The van der Waals surface area contributed by atoms with Crippen LogP contribution in [0.1, 0.15) is 59.8 Å². The molecular weight excluding hydrogens is 240 g/mol. The van der Waals surface area contributed by atoms with Gasteiger partial charge in [0.25, 0.3) is 0 Å². The molecule has 1 heterocycles. The van der Waals surface area contributed by atoms with E-state index in [1.165, 1.54) is 19.3 Å². The fourth-order valence-electron chi connectivity index (χ4n) is 2.79. The number of carbonyl (C=O) groups excluding carboxylic acids is 1. The van der Waals surface area contributed by atoms with Gasteiger partial charge in [-0.15, -0.1) is 0 Å². The maximum Gasteiger partial charge on any atom is 0.146 e. The van der Waals surface area contributed by atoms with E-state index in [4.69, 9.17) is 9.47 Å². The lowest BCUT2D eigenvalue weighted by Crippen LogP contribution is -2.38. The van der Waals surface area contributed by atoms with Crippen molar-refractivity contribution in [1.29, 1.82) is 0 Å². The molecule has 0 unspecified atom stereocenters. The fourth-order valence-corrected chi connectivity index (χ4v) is 2.79. The van der Waals surface area contributed by atoms with Gasteiger partial charge in [-0.05, 0) is 6.42 Å². The first-order valence-corrected chi connectivity index (χ1v) is 7.60. The molecule has 3 atom stereocenters. The van der Waals surface area contributed by atoms with Crippen molar-refractivity contribution in [3.63, 3.8) is 0 Å². The number of ether oxygens (including phenoxy) is 2. The predicted octanol–water partition coefficient (Wildman–Crippen LogP) is 3.60. The first-order chi connectivity index (χ1) is 8.91. The van der Waals surface area contributed by atoms with Crippen LogP contribution in [0.2, 0.25) is 0 Å². The molecule has 0 saturated carbocycles. The molecular formula is C16H30O3. The van der Waals surface area contributed by atoms with E-state index in [-0.39, 0.29) is 29.3 Å². The highest BCUT2D eigenvalue weighted by molar-refractivity contribution is 5.86. The van der Waals surface area contributed by atoms with Crippen molar-refractivity contribution in [3.8, 4) is 0 Å². The highest BCUT2D eigenvalue weighted by Gasteiger charge is 2.44. The van der Waals surface area contributed by atoms with Crippen molar-refractivity contribution in [2.24, 2.45) is 11.3 Å². The lowest BCUT2D eigenvalue weighted by molar-refractivity contribution is -0.133. The van der Waals surface area contributed by atoms with Crippen LogP contribution >= 0.6 is 0 Å². The number of hydrogen-bond acceptors (Lipinski definition) is 3. The first-order valence-electron chi connectivity index (χ1n) is 7.60. The summed E-state index contributed by atoms with van der Waals surface area (Å²) in [6, 6.07) is 0. The Morgan fingerprint density at radius 1 is 1.26 bits per heavy atom. The van der Waals surface area contributed by atoms with Gasteiger partial charge in [0.15, 0.2) is 0 Å². The van der Waals surface area contributed by atoms with Crippen LogP contribution in [0.25, 0.3) is 0 Å². The topological polar surface area (TPSA) is 35.5 Å². The van der Waals surface area contributed by atoms with Crippen LogP contribution in [0, 0.1) is 11.3 Å². The van der Waals surface area contributed by atoms with Crippen LogP contribution in [-0.4, -0.2) is 31.7 Å². The van der Waals surface area contributed by atoms with Crippen molar-refractivity contribution in [2.45, 2.75) is 72.0 Å². The van der Waals surface area contributed by atoms with Crippen molar-refractivity contribution < 1.29 is 14.3 Å². The molecule has 0 aliphatic carbocycles. The maximum absolute atomic E-state index is 12.4. The molecule has 0 N–H and O–H groups in total. The summed E-state index contributed by atoms with van der Waals surface area (Å²) < 4.78 is 11.4. The molecule has 0 aromatic rings. The Kier molecular flexibility index (Phi) is 6.48. The van der Waals surface area contributed by atoms with Crippen LogP contribution in [0.3, 0.4) is 0 Å². The number of methoxy groups -OCH3 is 1. The lowest BCUT2D eigenvalue weighted by atomic mass is 9.80. The van der Waals surface area contributed by atoms with Gasteiger partial charge in [0.05, 0.1) is 24.7 Å². The van der Waals surface area contributed by atoms with Crippen LogP contribution in [-0.2, 0) is 14.3 Å².